The van der Waals surface area contributed by atoms with Crippen LogP contribution in [0.5, 0.6) is 0 Å². The lowest BCUT2D eigenvalue weighted by Gasteiger charge is -2.20. The molecule has 6 heteroatoms. The van der Waals surface area contributed by atoms with Crippen molar-refractivity contribution in [2.24, 2.45) is 0 Å². The summed E-state index contributed by atoms with van der Waals surface area (Å²) in [5.74, 6) is 0.652. The van der Waals surface area contributed by atoms with Crippen LogP contribution in [-0.2, 0) is 6.54 Å². The summed E-state index contributed by atoms with van der Waals surface area (Å²) in [4.78, 5) is 0.0381. The lowest BCUT2D eigenvalue weighted by molar-refractivity contribution is -0.130. The zero-order chi connectivity index (χ0) is 11.5. The first-order chi connectivity index (χ1) is 6.89. The van der Waals surface area contributed by atoms with E-state index in [1.54, 1.807) is 24.1 Å². The highest BCUT2D eigenvalue weighted by atomic mass is 79.9. The average molecular weight is 286 g/mol. The first-order valence-corrected chi connectivity index (χ1v) is 5.23. The third-order valence-electron chi connectivity index (χ3n) is 1.83. The fourth-order valence-electron chi connectivity index (χ4n) is 1.11. The van der Waals surface area contributed by atoms with Crippen LogP contribution in [0.2, 0.25) is 0 Å². The lowest BCUT2D eigenvalue weighted by Crippen LogP contribution is -2.34. The topological polar surface area (TPSA) is 16.4 Å². The number of nitrogens with zero attached hydrogens (tertiary/aromatic N) is 1. The predicted molar refractivity (Wildman–Crippen MR) is 53.8 cm³/mol. The van der Waals surface area contributed by atoms with Gasteiger partial charge in [-0.05, 0) is 19.2 Å². The van der Waals surface area contributed by atoms with Gasteiger partial charge in [-0.1, -0.05) is 15.9 Å². The van der Waals surface area contributed by atoms with Crippen molar-refractivity contribution in [1.29, 1.82) is 0 Å². The van der Waals surface area contributed by atoms with Crippen LogP contribution in [0.1, 0.15) is 5.76 Å². The monoisotopic (exact) mass is 285 g/mol. The molecule has 0 amide bonds. The maximum atomic E-state index is 12.2. The Morgan fingerprint density at radius 1 is 1.53 bits per heavy atom. The molecule has 0 fully saturated rings. The van der Waals surface area contributed by atoms with E-state index in [0.29, 0.717) is 12.3 Å². The summed E-state index contributed by atoms with van der Waals surface area (Å²) < 4.78 is 41.6. The molecule has 15 heavy (non-hydrogen) atoms. The van der Waals surface area contributed by atoms with Gasteiger partial charge >= 0.3 is 6.18 Å². The SMILES string of the molecule is CN(Cc1ccco1)CC(Br)C(F)(F)F. The quantitative estimate of drug-likeness (QED) is 0.791. The van der Waals surface area contributed by atoms with Crippen molar-refractivity contribution in [3.8, 4) is 0 Å². The van der Waals surface area contributed by atoms with Crippen LogP contribution in [-0.4, -0.2) is 29.5 Å². The molecule has 1 atom stereocenters. The van der Waals surface area contributed by atoms with E-state index in [-0.39, 0.29) is 6.54 Å². The predicted octanol–water partition coefficient (Wildman–Crippen LogP) is 3.04. The highest BCUT2D eigenvalue weighted by Gasteiger charge is 2.38. The third-order valence-corrected chi connectivity index (χ3v) is 2.64. The molecule has 0 radical (unpaired) electrons. The van der Waals surface area contributed by atoms with E-state index in [4.69, 9.17) is 4.42 Å². The van der Waals surface area contributed by atoms with Crippen molar-refractivity contribution in [3.05, 3.63) is 24.2 Å². The second kappa shape index (κ2) is 5.03. The Labute approximate surface area is 94.2 Å². The largest absolute Gasteiger partial charge is 0.468 e. The summed E-state index contributed by atoms with van der Waals surface area (Å²) in [6.45, 7) is 0.259. The van der Waals surface area contributed by atoms with Crippen LogP contribution in [0, 0.1) is 0 Å². The Morgan fingerprint density at radius 2 is 2.20 bits per heavy atom. The van der Waals surface area contributed by atoms with Crippen molar-refractivity contribution < 1.29 is 17.6 Å². The van der Waals surface area contributed by atoms with Crippen LogP contribution < -0.4 is 0 Å². The minimum Gasteiger partial charge on any atom is -0.468 e. The molecule has 2 nitrogen and oxygen atoms in total. The summed E-state index contributed by atoms with van der Waals surface area (Å²) in [5.41, 5.74) is 0. The second-order valence-electron chi connectivity index (χ2n) is 3.29. The molecule has 86 valence electrons. The lowest BCUT2D eigenvalue weighted by atomic mass is 10.3. The Morgan fingerprint density at radius 3 is 2.67 bits per heavy atom. The number of alkyl halides is 4. The smallest absolute Gasteiger partial charge is 0.402 e. The average Bonchev–Trinajstić information content (AvgIpc) is 2.54. The summed E-state index contributed by atoms with van der Waals surface area (Å²) >= 11 is 2.61. The number of hydrogen-bond acceptors (Lipinski definition) is 2. The molecule has 0 aromatic carbocycles. The van der Waals surface area contributed by atoms with Crippen molar-refractivity contribution in [2.45, 2.75) is 17.5 Å². The van der Waals surface area contributed by atoms with Gasteiger partial charge in [0.05, 0.1) is 12.8 Å². The highest BCUT2D eigenvalue weighted by molar-refractivity contribution is 9.09. The van der Waals surface area contributed by atoms with Gasteiger partial charge < -0.3 is 4.42 Å². The normalized spacial score (nSPS) is 14.5. The molecule has 0 bridgehead atoms. The highest BCUT2D eigenvalue weighted by Crippen LogP contribution is 2.27. The van der Waals surface area contributed by atoms with Gasteiger partial charge in [-0.3, -0.25) is 4.90 Å². The Kier molecular flexibility index (Phi) is 4.21. The molecule has 0 aliphatic carbocycles. The first kappa shape index (κ1) is 12.6. The van der Waals surface area contributed by atoms with Crippen LogP contribution >= 0.6 is 15.9 Å². The van der Waals surface area contributed by atoms with Gasteiger partial charge in [0.2, 0.25) is 0 Å². The van der Waals surface area contributed by atoms with Crippen LogP contribution in [0.15, 0.2) is 22.8 Å². The van der Waals surface area contributed by atoms with E-state index in [1.165, 1.54) is 6.26 Å². The van der Waals surface area contributed by atoms with Crippen molar-refractivity contribution in [1.82, 2.24) is 4.90 Å². The number of furan rings is 1. The van der Waals surface area contributed by atoms with Gasteiger partial charge in [0.15, 0.2) is 0 Å². The molecule has 1 aromatic rings. The van der Waals surface area contributed by atoms with Gasteiger partial charge in [-0.25, -0.2) is 0 Å². The van der Waals surface area contributed by atoms with Gasteiger partial charge in [0.1, 0.15) is 10.6 Å². The van der Waals surface area contributed by atoms with E-state index in [2.05, 4.69) is 15.9 Å². The number of rotatable bonds is 4. The molecule has 0 spiro atoms. The van der Waals surface area contributed by atoms with E-state index >= 15 is 0 Å². The fraction of sp³-hybridized carbons (Fsp3) is 0.556. The van der Waals surface area contributed by atoms with E-state index in [1.807, 2.05) is 0 Å². The fourth-order valence-corrected chi connectivity index (χ4v) is 1.60. The van der Waals surface area contributed by atoms with Gasteiger partial charge in [0.25, 0.3) is 0 Å². The van der Waals surface area contributed by atoms with E-state index in [9.17, 15) is 13.2 Å². The van der Waals surface area contributed by atoms with Gasteiger partial charge in [-0.15, -0.1) is 0 Å². The first-order valence-electron chi connectivity index (χ1n) is 4.31. The summed E-state index contributed by atoms with van der Waals surface area (Å²) in [7, 11) is 1.61. The summed E-state index contributed by atoms with van der Waals surface area (Å²) in [6, 6.07) is 3.44. The molecule has 0 saturated carbocycles. The number of hydrogen-bond donors (Lipinski definition) is 0. The Balaban J connectivity index is 2.39. The Bertz CT molecular complexity index is 286. The zero-order valence-corrected chi connectivity index (χ0v) is 9.68. The minimum atomic E-state index is -4.21. The molecule has 0 saturated heterocycles. The zero-order valence-electron chi connectivity index (χ0n) is 8.09. The number of halogens is 4. The second-order valence-corrected chi connectivity index (χ2v) is 4.39. The van der Waals surface area contributed by atoms with Gasteiger partial charge in [0, 0.05) is 6.54 Å². The van der Waals surface area contributed by atoms with E-state index in [0.717, 1.165) is 0 Å². The molecule has 1 aromatic heterocycles. The maximum Gasteiger partial charge on any atom is 0.402 e. The summed E-state index contributed by atoms with van der Waals surface area (Å²) in [5, 5.41) is 0. The molecule has 1 rings (SSSR count). The molecular formula is C9H11BrF3NO. The van der Waals surface area contributed by atoms with Gasteiger partial charge in [-0.2, -0.15) is 13.2 Å². The van der Waals surface area contributed by atoms with Crippen molar-refractivity contribution >= 4 is 15.9 Å². The Hall–Kier alpha value is -0.490. The van der Waals surface area contributed by atoms with Crippen LogP contribution in [0.4, 0.5) is 13.2 Å². The van der Waals surface area contributed by atoms with Crippen molar-refractivity contribution in [3.63, 3.8) is 0 Å². The molecular weight excluding hydrogens is 275 g/mol. The molecule has 0 aliphatic rings. The molecule has 0 N–H and O–H groups in total. The molecule has 0 aliphatic heterocycles. The van der Waals surface area contributed by atoms with Crippen LogP contribution in [0.3, 0.4) is 0 Å². The third kappa shape index (κ3) is 4.25. The molecule has 1 heterocycles. The molecule has 1 unspecified atom stereocenters. The minimum absolute atomic E-state index is 0.107. The summed E-state index contributed by atoms with van der Waals surface area (Å²) in [6.07, 6.45) is -2.71. The van der Waals surface area contributed by atoms with Crippen molar-refractivity contribution in [2.75, 3.05) is 13.6 Å². The standard InChI is InChI=1S/C9H11BrF3NO/c1-14(5-7-3-2-4-15-7)6-8(10)9(11,12)13/h2-4,8H,5-6H2,1H3. The van der Waals surface area contributed by atoms with E-state index < -0.39 is 11.0 Å². The van der Waals surface area contributed by atoms with Crippen LogP contribution in [0.25, 0.3) is 0 Å². The maximum absolute atomic E-state index is 12.2.